The third-order valence-corrected chi connectivity index (χ3v) is 11.0. The molecule has 53 heavy (non-hydrogen) atoms. The van der Waals surface area contributed by atoms with Crippen molar-refractivity contribution >= 4 is 43.9 Å². The first-order valence-electron chi connectivity index (χ1n) is 17.9. The van der Waals surface area contributed by atoms with Crippen LogP contribution in [0.5, 0.6) is 0 Å². The first-order valence-corrected chi connectivity index (χ1v) is 17.9. The molecule has 0 fully saturated rings. The Kier molecular flexibility index (Phi) is 6.23. The molecule has 3 heterocycles. The summed E-state index contributed by atoms with van der Waals surface area (Å²) < 4.78 is 12.8. The van der Waals surface area contributed by atoms with Crippen molar-refractivity contribution in [1.29, 1.82) is 0 Å². The van der Waals surface area contributed by atoms with E-state index in [1.165, 1.54) is 27.8 Å². The molecule has 7 aromatic carbocycles. The van der Waals surface area contributed by atoms with Gasteiger partial charge in [0.2, 0.25) is 0 Å². The molecule has 0 spiro atoms. The van der Waals surface area contributed by atoms with Gasteiger partial charge in [0.05, 0.1) is 0 Å². The predicted octanol–water partition coefficient (Wildman–Crippen LogP) is 12.6. The molecule has 0 unspecified atom stereocenters. The summed E-state index contributed by atoms with van der Waals surface area (Å²) in [5, 5.41) is 4.00. The van der Waals surface area contributed by atoms with Crippen LogP contribution in [0.25, 0.3) is 100 Å². The van der Waals surface area contributed by atoms with Gasteiger partial charge < -0.3 is 8.83 Å². The molecule has 1 aliphatic carbocycles. The number of hydrogen-bond donors (Lipinski definition) is 0. The van der Waals surface area contributed by atoms with Crippen molar-refractivity contribution in [2.24, 2.45) is 0 Å². The van der Waals surface area contributed by atoms with Gasteiger partial charge in [-0.05, 0) is 69.8 Å². The van der Waals surface area contributed by atoms with Crippen molar-refractivity contribution in [1.82, 2.24) is 15.0 Å². The van der Waals surface area contributed by atoms with E-state index in [9.17, 15) is 0 Å². The largest absolute Gasteiger partial charge is 0.456 e. The first kappa shape index (κ1) is 29.8. The number of benzene rings is 7. The van der Waals surface area contributed by atoms with Gasteiger partial charge in [-0.2, -0.15) is 0 Å². The molecule has 0 saturated heterocycles. The highest BCUT2D eigenvalue weighted by atomic mass is 16.3. The van der Waals surface area contributed by atoms with Crippen molar-refractivity contribution < 1.29 is 8.83 Å². The lowest BCUT2D eigenvalue weighted by molar-refractivity contribution is 0.660. The lowest BCUT2D eigenvalue weighted by atomic mass is 9.81. The maximum atomic E-state index is 6.50. The fourth-order valence-electron chi connectivity index (χ4n) is 8.37. The third-order valence-electron chi connectivity index (χ3n) is 11.0. The lowest BCUT2D eigenvalue weighted by Crippen LogP contribution is -2.14. The molecule has 0 saturated carbocycles. The molecule has 0 aliphatic heterocycles. The van der Waals surface area contributed by atoms with E-state index in [0.717, 1.165) is 66.1 Å². The van der Waals surface area contributed by atoms with Crippen LogP contribution in [-0.2, 0) is 5.41 Å². The van der Waals surface area contributed by atoms with Crippen LogP contribution in [0.3, 0.4) is 0 Å². The molecule has 0 amide bonds. The number of fused-ring (bicyclic) bond motifs is 9. The summed E-state index contributed by atoms with van der Waals surface area (Å²) in [4.78, 5) is 15.4. The van der Waals surface area contributed by atoms with Gasteiger partial charge in [0.15, 0.2) is 17.5 Å². The van der Waals surface area contributed by atoms with E-state index in [-0.39, 0.29) is 5.41 Å². The van der Waals surface area contributed by atoms with Gasteiger partial charge in [-0.25, -0.2) is 15.0 Å². The Morgan fingerprint density at radius 3 is 1.70 bits per heavy atom. The highest BCUT2D eigenvalue weighted by Gasteiger charge is 2.35. The minimum Gasteiger partial charge on any atom is -0.456 e. The summed E-state index contributed by atoms with van der Waals surface area (Å²) in [6.45, 7) is 4.64. The Morgan fingerprint density at radius 1 is 0.377 bits per heavy atom. The molecular formula is C48H31N3O2. The molecule has 0 bridgehead atoms. The van der Waals surface area contributed by atoms with Crippen molar-refractivity contribution in [3.8, 4) is 56.4 Å². The molecule has 3 aromatic heterocycles. The van der Waals surface area contributed by atoms with Crippen molar-refractivity contribution in [2.45, 2.75) is 19.3 Å². The van der Waals surface area contributed by atoms with Crippen LogP contribution in [0.15, 0.2) is 160 Å². The fourth-order valence-corrected chi connectivity index (χ4v) is 8.37. The van der Waals surface area contributed by atoms with Gasteiger partial charge in [-0.1, -0.05) is 129 Å². The first-order chi connectivity index (χ1) is 26.0. The van der Waals surface area contributed by atoms with Gasteiger partial charge in [0.25, 0.3) is 0 Å². The summed E-state index contributed by atoms with van der Waals surface area (Å²) in [5.41, 5.74) is 13.5. The lowest BCUT2D eigenvalue weighted by Gasteiger charge is -2.22. The number of nitrogens with zero attached hydrogens (tertiary/aromatic N) is 3. The number of para-hydroxylation sites is 1. The summed E-state index contributed by atoms with van der Waals surface area (Å²) in [5.74, 6) is 1.76. The van der Waals surface area contributed by atoms with Gasteiger partial charge in [-0.15, -0.1) is 0 Å². The normalized spacial score (nSPS) is 13.2. The van der Waals surface area contributed by atoms with E-state index in [4.69, 9.17) is 23.8 Å². The molecule has 0 radical (unpaired) electrons. The molecule has 1 aliphatic rings. The van der Waals surface area contributed by atoms with Crippen molar-refractivity contribution in [2.75, 3.05) is 0 Å². The zero-order valence-corrected chi connectivity index (χ0v) is 29.1. The number of hydrogen-bond acceptors (Lipinski definition) is 5. The smallest absolute Gasteiger partial charge is 0.164 e. The predicted molar refractivity (Wildman–Crippen MR) is 214 cm³/mol. The van der Waals surface area contributed by atoms with Crippen molar-refractivity contribution in [3.63, 3.8) is 0 Å². The Balaban J connectivity index is 1.12. The second kappa shape index (κ2) is 11.1. The average molecular weight is 682 g/mol. The average Bonchev–Trinajstić information content (AvgIpc) is 3.85. The van der Waals surface area contributed by atoms with E-state index in [1.807, 2.05) is 72.8 Å². The van der Waals surface area contributed by atoms with E-state index in [2.05, 4.69) is 92.7 Å². The molecular weight excluding hydrogens is 651 g/mol. The standard InChI is InChI=1S/C48H31N3O2/c1-48(2)37-18-8-6-14-31(37)32-24-22-30(27-38(32)48)29-23-25-40-36(26-29)44-35(17-11-21-42(44)53-40)47-50-45(28-12-4-3-5-13-28)49-46(51-47)34-16-10-20-41-43(34)33-15-7-9-19-39(33)52-41/h3-27H,1-2H3. The molecule has 5 nitrogen and oxygen atoms in total. The third kappa shape index (κ3) is 4.47. The van der Waals surface area contributed by atoms with Gasteiger partial charge >= 0.3 is 0 Å². The van der Waals surface area contributed by atoms with Gasteiger partial charge in [0.1, 0.15) is 22.3 Å². The Bertz CT molecular complexity index is 3100. The Morgan fingerprint density at radius 2 is 0.925 bits per heavy atom. The number of furan rings is 2. The van der Waals surface area contributed by atoms with E-state index in [1.54, 1.807) is 0 Å². The SMILES string of the molecule is CC1(C)c2ccccc2-c2ccc(-c3ccc4oc5cccc(-c6nc(-c7ccccc7)nc(-c7cccc8oc9ccccc9c78)n6)c5c4c3)cc21. The zero-order valence-electron chi connectivity index (χ0n) is 29.1. The molecule has 0 atom stereocenters. The van der Waals surface area contributed by atoms with Crippen LogP contribution in [-0.4, -0.2) is 15.0 Å². The summed E-state index contributed by atoms with van der Waals surface area (Å²) in [6.07, 6.45) is 0. The highest BCUT2D eigenvalue weighted by molar-refractivity contribution is 6.14. The monoisotopic (exact) mass is 681 g/mol. The van der Waals surface area contributed by atoms with Crippen LogP contribution in [0, 0.1) is 0 Å². The molecule has 10 aromatic rings. The number of rotatable bonds is 4. The van der Waals surface area contributed by atoms with Gasteiger partial charge in [0, 0.05) is 43.7 Å². The van der Waals surface area contributed by atoms with Crippen LogP contribution in [0.2, 0.25) is 0 Å². The zero-order chi connectivity index (χ0) is 35.3. The molecule has 11 rings (SSSR count). The Hall–Kier alpha value is -6.85. The topological polar surface area (TPSA) is 65.0 Å². The number of aromatic nitrogens is 3. The van der Waals surface area contributed by atoms with Crippen molar-refractivity contribution in [3.05, 3.63) is 163 Å². The highest BCUT2D eigenvalue weighted by Crippen LogP contribution is 2.50. The van der Waals surface area contributed by atoms with E-state index < -0.39 is 0 Å². The minimum absolute atomic E-state index is 0.0819. The van der Waals surface area contributed by atoms with Crippen LogP contribution < -0.4 is 0 Å². The second-order valence-electron chi connectivity index (χ2n) is 14.4. The van der Waals surface area contributed by atoms with Crippen LogP contribution in [0.1, 0.15) is 25.0 Å². The summed E-state index contributed by atoms with van der Waals surface area (Å²) in [6, 6.07) is 52.5. The Labute approximate surface area is 305 Å². The maximum absolute atomic E-state index is 6.50. The van der Waals surface area contributed by atoms with E-state index >= 15 is 0 Å². The molecule has 250 valence electrons. The van der Waals surface area contributed by atoms with Crippen LogP contribution >= 0.6 is 0 Å². The minimum atomic E-state index is -0.0819. The second-order valence-corrected chi connectivity index (χ2v) is 14.4. The van der Waals surface area contributed by atoms with Crippen LogP contribution in [0.4, 0.5) is 0 Å². The summed E-state index contributed by atoms with van der Waals surface area (Å²) in [7, 11) is 0. The van der Waals surface area contributed by atoms with E-state index in [0.29, 0.717) is 17.5 Å². The molecule has 5 heteroatoms. The quantitative estimate of drug-likeness (QED) is 0.185. The summed E-state index contributed by atoms with van der Waals surface area (Å²) >= 11 is 0. The maximum Gasteiger partial charge on any atom is 0.164 e. The fraction of sp³-hybridized carbons (Fsp3) is 0.0625. The van der Waals surface area contributed by atoms with Gasteiger partial charge in [-0.3, -0.25) is 0 Å². The molecule has 0 N–H and O–H groups in total.